The van der Waals surface area contributed by atoms with Crippen molar-refractivity contribution in [2.75, 3.05) is 26.2 Å². The second-order valence-corrected chi connectivity index (χ2v) is 9.07. The van der Waals surface area contributed by atoms with Crippen LogP contribution in [0.3, 0.4) is 0 Å². The van der Waals surface area contributed by atoms with Crippen molar-refractivity contribution in [2.24, 2.45) is 11.8 Å². The second kappa shape index (κ2) is 17.3. The van der Waals surface area contributed by atoms with E-state index in [4.69, 9.17) is 4.74 Å². The number of carbonyl (C=O) groups is 2. The van der Waals surface area contributed by atoms with E-state index in [9.17, 15) is 19.8 Å². The van der Waals surface area contributed by atoms with Gasteiger partial charge in [-0.25, -0.2) is 0 Å². The fraction of sp³-hybridized carbons (Fsp3) is 0.846. The van der Waals surface area contributed by atoms with Gasteiger partial charge in [0, 0.05) is 31.2 Å². The highest BCUT2D eigenvalue weighted by atomic mass is 16.5. The summed E-state index contributed by atoms with van der Waals surface area (Å²) in [6.45, 7) is 9.49. The van der Waals surface area contributed by atoms with Gasteiger partial charge in [0.05, 0.1) is 12.2 Å². The largest absolute Gasteiger partial charge is 0.464 e. The lowest BCUT2D eigenvalue weighted by molar-refractivity contribution is -0.144. The van der Waals surface area contributed by atoms with E-state index in [-0.39, 0.29) is 30.0 Å². The monoisotopic (exact) mass is 453 g/mol. The molecule has 32 heavy (non-hydrogen) atoms. The first-order valence-electron chi connectivity index (χ1n) is 12.9. The van der Waals surface area contributed by atoms with Gasteiger partial charge in [-0.3, -0.25) is 9.59 Å². The van der Waals surface area contributed by atoms with Crippen LogP contribution in [-0.2, 0) is 14.3 Å². The number of ketones is 1. The molecule has 6 nitrogen and oxygen atoms in total. The molecule has 1 rings (SSSR count). The molecule has 1 aliphatic carbocycles. The molecule has 0 unspecified atom stereocenters. The van der Waals surface area contributed by atoms with Crippen LogP contribution in [0.1, 0.15) is 91.4 Å². The number of aliphatic hydroxyl groups is 2. The number of hydrogen-bond donors (Lipinski definition) is 2. The quantitative estimate of drug-likeness (QED) is 0.183. The molecule has 0 radical (unpaired) electrons. The zero-order valence-corrected chi connectivity index (χ0v) is 20.6. The maximum atomic E-state index is 12.3. The third kappa shape index (κ3) is 11.6. The lowest BCUT2D eigenvalue weighted by atomic mass is 9.88. The summed E-state index contributed by atoms with van der Waals surface area (Å²) in [7, 11) is 0. The van der Waals surface area contributed by atoms with Crippen molar-refractivity contribution in [3.05, 3.63) is 12.2 Å². The van der Waals surface area contributed by atoms with Crippen LogP contribution in [0.2, 0.25) is 0 Å². The molecule has 4 atom stereocenters. The highest BCUT2D eigenvalue weighted by Gasteiger charge is 2.39. The summed E-state index contributed by atoms with van der Waals surface area (Å²) in [6.07, 6.45) is 11.4. The first kappa shape index (κ1) is 28.8. The molecule has 0 amide bonds. The molecule has 0 aromatic carbocycles. The molecule has 1 saturated carbocycles. The average Bonchev–Trinajstić information content (AvgIpc) is 3.04. The van der Waals surface area contributed by atoms with Crippen molar-refractivity contribution < 1.29 is 24.5 Å². The Labute approximate surface area is 195 Å². The van der Waals surface area contributed by atoms with Crippen LogP contribution >= 0.6 is 0 Å². The summed E-state index contributed by atoms with van der Waals surface area (Å²) in [5.74, 6) is -0.350. The Morgan fingerprint density at radius 3 is 2.53 bits per heavy atom. The smallest absolute Gasteiger partial charge is 0.305 e. The Morgan fingerprint density at radius 1 is 1.12 bits per heavy atom. The van der Waals surface area contributed by atoms with Gasteiger partial charge < -0.3 is 19.8 Å². The second-order valence-electron chi connectivity index (χ2n) is 9.07. The molecule has 0 heterocycles. The molecule has 2 N–H and O–H groups in total. The van der Waals surface area contributed by atoms with Crippen molar-refractivity contribution in [1.29, 1.82) is 0 Å². The van der Waals surface area contributed by atoms with E-state index in [0.29, 0.717) is 13.0 Å². The molecule has 1 fully saturated rings. The van der Waals surface area contributed by atoms with Gasteiger partial charge in [0.2, 0.25) is 0 Å². The predicted molar refractivity (Wildman–Crippen MR) is 128 cm³/mol. The number of unbranched alkanes of at least 4 members (excludes halogenated alkanes) is 5. The molecular weight excluding hydrogens is 406 g/mol. The van der Waals surface area contributed by atoms with Crippen LogP contribution in [-0.4, -0.2) is 65.3 Å². The number of Topliss-reactive ketones (excluding diaryl/α,β-unsaturated/α-hetero) is 1. The molecule has 0 saturated heterocycles. The van der Waals surface area contributed by atoms with Crippen molar-refractivity contribution in [3.63, 3.8) is 0 Å². The van der Waals surface area contributed by atoms with Gasteiger partial charge in [0.1, 0.15) is 12.4 Å². The Balaban J connectivity index is 2.24. The third-order valence-corrected chi connectivity index (χ3v) is 6.60. The minimum absolute atomic E-state index is 0.129. The number of carbonyl (C=O) groups excluding carboxylic acids is 2. The summed E-state index contributed by atoms with van der Waals surface area (Å²) < 4.78 is 5.30. The van der Waals surface area contributed by atoms with Crippen molar-refractivity contribution in [3.8, 4) is 0 Å². The summed E-state index contributed by atoms with van der Waals surface area (Å²) >= 11 is 0. The molecule has 1 aliphatic rings. The first-order chi connectivity index (χ1) is 15.4. The molecule has 0 aromatic heterocycles. The van der Waals surface area contributed by atoms with Gasteiger partial charge in [-0.15, -0.1) is 0 Å². The Kier molecular flexibility index (Phi) is 15.5. The Hall–Kier alpha value is -1.24. The van der Waals surface area contributed by atoms with E-state index in [1.165, 1.54) is 0 Å². The van der Waals surface area contributed by atoms with Crippen LogP contribution in [0.25, 0.3) is 0 Å². The van der Waals surface area contributed by atoms with E-state index in [0.717, 1.165) is 77.4 Å². The molecule has 186 valence electrons. The predicted octanol–water partition coefficient (Wildman–Crippen LogP) is 4.28. The van der Waals surface area contributed by atoms with Gasteiger partial charge in [-0.1, -0.05) is 71.4 Å². The van der Waals surface area contributed by atoms with Gasteiger partial charge in [0.15, 0.2) is 0 Å². The number of nitrogens with zero attached hydrogens (tertiary/aromatic N) is 1. The van der Waals surface area contributed by atoms with E-state index >= 15 is 0 Å². The average molecular weight is 454 g/mol. The fourth-order valence-electron chi connectivity index (χ4n) is 4.44. The SMILES string of the molecule is CCCCC[C@H](O)/C=C/[C@H]1[C@H](O)CC(=O)[C@@H]1CCCCCCC(=O)OCCN(CC)CC. The standard InChI is InChI=1S/C26H47NO5/c1-4-7-10-13-21(28)16-17-23-22(24(29)20-25(23)30)14-11-8-9-12-15-26(31)32-19-18-27(5-2)6-3/h16-17,21-23,25,28,30H,4-15,18-20H2,1-3H3/b17-16+/t21-,22+,23+,25+/m0/s1. The first-order valence-corrected chi connectivity index (χ1v) is 12.9. The molecule has 0 bridgehead atoms. The third-order valence-electron chi connectivity index (χ3n) is 6.60. The highest BCUT2D eigenvalue weighted by molar-refractivity contribution is 5.84. The van der Waals surface area contributed by atoms with Crippen LogP contribution in [0.15, 0.2) is 12.2 Å². The van der Waals surface area contributed by atoms with Crippen molar-refractivity contribution in [1.82, 2.24) is 4.90 Å². The molecule has 0 aliphatic heterocycles. The fourth-order valence-corrected chi connectivity index (χ4v) is 4.44. The summed E-state index contributed by atoms with van der Waals surface area (Å²) in [6, 6.07) is 0. The van der Waals surface area contributed by atoms with E-state index in [2.05, 4.69) is 25.7 Å². The highest BCUT2D eigenvalue weighted by Crippen LogP contribution is 2.34. The van der Waals surface area contributed by atoms with E-state index in [1.54, 1.807) is 6.08 Å². The van der Waals surface area contributed by atoms with Crippen LogP contribution < -0.4 is 0 Å². The molecule has 0 aromatic rings. The number of ether oxygens (including phenoxy) is 1. The zero-order chi connectivity index (χ0) is 23.8. The number of esters is 1. The van der Waals surface area contributed by atoms with E-state index < -0.39 is 12.2 Å². The molecular formula is C26H47NO5. The minimum Gasteiger partial charge on any atom is -0.464 e. The van der Waals surface area contributed by atoms with Gasteiger partial charge in [-0.2, -0.15) is 0 Å². The maximum Gasteiger partial charge on any atom is 0.305 e. The maximum absolute atomic E-state index is 12.3. The topological polar surface area (TPSA) is 87.1 Å². The molecule has 0 spiro atoms. The van der Waals surface area contributed by atoms with Crippen molar-refractivity contribution in [2.45, 2.75) is 104 Å². The van der Waals surface area contributed by atoms with Crippen molar-refractivity contribution >= 4 is 11.8 Å². The number of hydrogen-bond acceptors (Lipinski definition) is 6. The Bertz CT molecular complexity index is 546. The number of rotatable bonds is 18. The zero-order valence-electron chi connectivity index (χ0n) is 20.6. The normalized spacial score (nSPS) is 22.2. The Morgan fingerprint density at radius 2 is 1.84 bits per heavy atom. The van der Waals surface area contributed by atoms with E-state index in [1.807, 2.05) is 6.08 Å². The number of aliphatic hydroxyl groups excluding tert-OH is 2. The van der Waals surface area contributed by atoms with Crippen LogP contribution in [0.5, 0.6) is 0 Å². The van der Waals surface area contributed by atoms with Crippen LogP contribution in [0, 0.1) is 11.8 Å². The lowest BCUT2D eigenvalue weighted by Crippen LogP contribution is -2.27. The molecule has 6 heteroatoms. The minimum atomic E-state index is -0.641. The van der Waals surface area contributed by atoms with Gasteiger partial charge in [0.25, 0.3) is 0 Å². The number of likely N-dealkylation sites (N-methyl/N-ethyl adjacent to an activating group) is 1. The van der Waals surface area contributed by atoms with Gasteiger partial charge >= 0.3 is 5.97 Å². The van der Waals surface area contributed by atoms with Gasteiger partial charge in [-0.05, 0) is 32.4 Å². The summed E-state index contributed by atoms with van der Waals surface area (Å²) in [5, 5.41) is 20.4. The summed E-state index contributed by atoms with van der Waals surface area (Å²) in [5.41, 5.74) is 0. The summed E-state index contributed by atoms with van der Waals surface area (Å²) in [4.78, 5) is 26.4. The lowest BCUT2D eigenvalue weighted by Gasteiger charge is -2.18. The van der Waals surface area contributed by atoms with Crippen LogP contribution in [0.4, 0.5) is 0 Å².